The summed E-state index contributed by atoms with van der Waals surface area (Å²) in [6.07, 6.45) is 4.57. The average molecular weight is 272 g/mol. The van der Waals surface area contributed by atoms with Crippen molar-refractivity contribution >= 4 is 15.9 Å². The number of hydrogen-bond acceptors (Lipinski definition) is 2. The Balaban J connectivity index is 2.24. The first-order chi connectivity index (χ1) is 7.12. The minimum atomic E-state index is 0.376. The molecule has 4 heteroatoms. The van der Waals surface area contributed by atoms with Crippen LogP contribution in [-0.4, -0.2) is 16.3 Å². The van der Waals surface area contributed by atoms with Gasteiger partial charge in [0.2, 0.25) is 0 Å². The van der Waals surface area contributed by atoms with Gasteiger partial charge in [-0.05, 0) is 53.6 Å². The Bertz CT molecular complexity index is 366. The van der Waals surface area contributed by atoms with Crippen molar-refractivity contribution in [3.8, 4) is 0 Å². The van der Waals surface area contributed by atoms with E-state index >= 15 is 0 Å². The Morgan fingerprint density at radius 2 is 2.20 bits per heavy atom. The SMILES string of the molecule is CCc1nn(C)c(CC2(CN)CC2)c1Br. The first-order valence-electron chi connectivity index (χ1n) is 5.52. The van der Waals surface area contributed by atoms with E-state index in [-0.39, 0.29) is 0 Å². The lowest BCUT2D eigenvalue weighted by molar-refractivity contribution is 0.496. The Morgan fingerprint density at radius 3 is 2.60 bits per heavy atom. The van der Waals surface area contributed by atoms with Crippen LogP contribution in [0.4, 0.5) is 0 Å². The lowest BCUT2D eigenvalue weighted by Crippen LogP contribution is -2.19. The molecule has 0 spiro atoms. The van der Waals surface area contributed by atoms with Crippen LogP contribution in [0.15, 0.2) is 4.47 Å². The van der Waals surface area contributed by atoms with Gasteiger partial charge in [0, 0.05) is 7.05 Å². The van der Waals surface area contributed by atoms with Gasteiger partial charge in [0.1, 0.15) is 0 Å². The number of nitrogens with two attached hydrogens (primary N) is 1. The van der Waals surface area contributed by atoms with Crippen LogP contribution in [0.1, 0.15) is 31.2 Å². The van der Waals surface area contributed by atoms with Gasteiger partial charge in [0.25, 0.3) is 0 Å². The summed E-state index contributed by atoms with van der Waals surface area (Å²) in [6.45, 7) is 2.93. The fraction of sp³-hybridized carbons (Fsp3) is 0.727. The Morgan fingerprint density at radius 1 is 1.53 bits per heavy atom. The van der Waals surface area contributed by atoms with Crippen LogP contribution in [0.2, 0.25) is 0 Å². The standard InChI is InChI=1S/C11H18BrN3/c1-3-8-10(12)9(15(2)14-8)6-11(7-13)4-5-11/h3-7,13H2,1-2H3. The summed E-state index contributed by atoms with van der Waals surface area (Å²) in [5.74, 6) is 0. The second-order valence-corrected chi connectivity index (χ2v) is 5.36. The Kier molecular flexibility index (Phi) is 2.90. The predicted molar refractivity (Wildman–Crippen MR) is 64.7 cm³/mol. The van der Waals surface area contributed by atoms with Crippen molar-refractivity contribution in [3.05, 3.63) is 15.9 Å². The second-order valence-electron chi connectivity index (χ2n) is 4.57. The zero-order valence-electron chi connectivity index (χ0n) is 9.39. The number of aromatic nitrogens is 2. The molecule has 0 atom stereocenters. The largest absolute Gasteiger partial charge is 0.330 e. The molecule has 0 aliphatic heterocycles. The summed E-state index contributed by atoms with van der Waals surface area (Å²) in [4.78, 5) is 0. The van der Waals surface area contributed by atoms with Crippen molar-refractivity contribution in [3.63, 3.8) is 0 Å². The van der Waals surface area contributed by atoms with Crippen LogP contribution in [0.5, 0.6) is 0 Å². The van der Waals surface area contributed by atoms with E-state index in [1.165, 1.54) is 23.0 Å². The van der Waals surface area contributed by atoms with Crippen LogP contribution >= 0.6 is 15.9 Å². The van der Waals surface area contributed by atoms with Gasteiger partial charge < -0.3 is 5.73 Å². The highest BCUT2D eigenvalue weighted by Crippen LogP contribution is 2.48. The molecule has 3 nitrogen and oxygen atoms in total. The number of rotatable bonds is 4. The minimum absolute atomic E-state index is 0.376. The van der Waals surface area contributed by atoms with E-state index in [0.717, 1.165) is 25.1 Å². The highest BCUT2D eigenvalue weighted by atomic mass is 79.9. The number of nitrogens with zero attached hydrogens (tertiary/aromatic N) is 2. The van der Waals surface area contributed by atoms with Gasteiger partial charge in [-0.2, -0.15) is 5.10 Å². The summed E-state index contributed by atoms with van der Waals surface area (Å²) in [7, 11) is 2.02. The molecule has 1 aromatic heterocycles. The smallest absolute Gasteiger partial charge is 0.0766 e. The van der Waals surface area contributed by atoms with Gasteiger partial charge >= 0.3 is 0 Å². The van der Waals surface area contributed by atoms with Crippen molar-refractivity contribution < 1.29 is 0 Å². The quantitative estimate of drug-likeness (QED) is 0.911. The Hall–Kier alpha value is -0.350. The zero-order chi connectivity index (χ0) is 11.1. The Labute approximate surface area is 99.2 Å². The first-order valence-corrected chi connectivity index (χ1v) is 6.31. The molecule has 1 fully saturated rings. The second kappa shape index (κ2) is 3.91. The lowest BCUT2D eigenvalue weighted by atomic mass is 10.0. The number of halogens is 1. The van der Waals surface area contributed by atoms with Crippen LogP contribution in [0.3, 0.4) is 0 Å². The molecular formula is C11H18BrN3. The van der Waals surface area contributed by atoms with Gasteiger partial charge in [0.15, 0.2) is 0 Å². The van der Waals surface area contributed by atoms with Crippen molar-refractivity contribution in [2.24, 2.45) is 18.2 Å². The van der Waals surface area contributed by atoms with E-state index in [1.807, 2.05) is 11.7 Å². The van der Waals surface area contributed by atoms with Crippen LogP contribution < -0.4 is 5.73 Å². The van der Waals surface area contributed by atoms with Crippen molar-refractivity contribution in [1.82, 2.24) is 9.78 Å². The molecule has 2 rings (SSSR count). The molecule has 1 aliphatic rings. The van der Waals surface area contributed by atoms with E-state index in [4.69, 9.17) is 5.73 Å². The molecule has 0 amide bonds. The van der Waals surface area contributed by atoms with Crippen molar-refractivity contribution in [2.75, 3.05) is 6.54 Å². The summed E-state index contributed by atoms with van der Waals surface area (Å²) in [6, 6.07) is 0. The van der Waals surface area contributed by atoms with Crippen LogP contribution in [0.25, 0.3) is 0 Å². The molecule has 0 saturated heterocycles. The van der Waals surface area contributed by atoms with E-state index in [9.17, 15) is 0 Å². The van der Waals surface area contributed by atoms with Gasteiger partial charge in [-0.1, -0.05) is 6.92 Å². The number of hydrogen-bond donors (Lipinski definition) is 1. The zero-order valence-corrected chi connectivity index (χ0v) is 11.0. The highest BCUT2D eigenvalue weighted by molar-refractivity contribution is 9.10. The number of aryl methyl sites for hydroxylation is 2. The van der Waals surface area contributed by atoms with E-state index < -0.39 is 0 Å². The lowest BCUT2D eigenvalue weighted by Gasteiger charge is -2.12. The van der Waals surface area contributed by atoms with Crippen molar-refractivity contribution in [2.45, 2.75) is 32.6 Å². The molecule has 1 aromatic rings. The first kappa shape index (κ1) is 11.1. The van der Waals surface area contributed by atoms with Gasteiger partial charge in [-0.25, -0.2) is 0 Å². The van der Waals surface area contributed by atoms with Gasteiger partial charge in [-0.15, -0.1) is 0 Å². The average Bonchev–Trinajstić information content (AvgIpc) is 2.96. The van der Waals surface area contributed by atoms with Gasteiger partial charge in [-0.3, -0.25) is 4.68 Å². The fourth-order valence-corrected chi connectivity index (χ4v) is 2.75. The van der Waals surface area contributed by atoms with E-state index in [0.29, 0.717) is 5.41 Å². The normalized spacial score (nSPS) is 18.1. The fourth-order valence-electron chi connectivity index (χ4n) is 2.00. The van der Waals surface area contributed by atoms with E-state index in [1.54, 1.807) is 0 Å². The summed E-state index contributed by atoms with van der Waals surface area (Å²) in [5, 5.41) is 4.50. The topological polar surface area (TPSA) is 43.8 Å². The maximum Gasteiger partial charge on any atom is 0.0766 e. The molecule has 0 radical (unpaired) electrons. The molecule has 15 heavy (non-hydrogen) atoms. The third-order valence-corrected chi connectivity index (χ3v) is 4.35. The summed E-state index contributed by atoms with van der Waals surface area (Å²) < 4.78 is 3.19. The molecular weight excluding hydrogens is 254 g/mol. The third kappa shape index (κ3) is 1.97. The molecule has 84 valence electrons. The molecule has 0 unspecified atom stereocenters. The molecule has 1 heterocycles. The molecule has 1 saturated carbocycles. The third-order valence-electron chi connectivity index (χ3n) is 3.44. The van der Waals surface area contributed by atoms with Gasteiger partial charge in [0.05, 0.1) is 15.9 Å². The van der Waals surface area contributed by atoms with Crippen LogP contribution in [0, 0.1) is 5.41 Å². The monoisotopic (exact) mass is 271 g/mol. The highest BCUT2D eigenvalue weighted by Gasteiger charge is 2.42. The summed E-state index contributed by atoms with van der Waals surface area (Å²) in [5.41, 5.74) is 8.64. The molecule has 0 bridgehead atoms. The molecule has 0 aromatic carbocycles. The predicted octanol–water partition coefficient (Wildman–Crippen LogP) is 2.03. The minimum Gasteiger partial charge on any atom is -0.330 e. The summed E-state index contributed by atoms with van der Waals surface area (Å²) >= 11 is 3.65. The maximum atomic E-state index is 5.81. The molecule has 1 aliphatic carbocycles. The van der Waals surface area contributed by atoms with Crippen LogP contribution in [-0.2, 0) is 19.9 Å². The molecule has 2 N–H and O–H groups in total. The van der Waals surface area contributed by atoms with Crippen molar-refractivity contribution in [1.29, 1.82) is 0 Å². The maximum absolute atomic E-state index is 5.81. The van der Waals surface area contributed by atoms with E-state index in [2.05, 4.69) is 28.0 Å².